The zero-order valence-electron chi connectivity index (χ0n) is 18.8. The maximum atomic E-state index is 13.4. The Labute approximate surface area is 187 Å². The minimum atomic E-state index is -0.601. The first-order valence-corrected chi connectivity index (χ1v) is 11.3. The van der Waals surface area contributed by atoms with Gasteiger partial charge in [0.15, 0.2) is 16.9 Å². The number of unbranched alkanes of at least 4 members (excludes halogenated alkanes) is 3. The molecule has 4 rings (SSSR count). The standard InChI is InChI=1S/C26H29NO5/c1-4-6-7-8-13-31-20-12-10-17(15-21(20)30-3)23-22-24(28)18-14-16(5-2)9-11-19(18)32-25(22)26(29)27-23/h9-12,14-15,23H,4-8,13H2,1-3H3,(H,27,29). The normalized spacial score (nSPS) is 15.0. The molecule has 168 valence electrons. The van der Waals surface area contributed by atoms with Crippen LogP contribution in [0.15, 0.2) is 45.6 Å². The molecule has 0 saturated heterocycles. The van der Waals surface area contributed by atoms with Crippen LogP contribution in [0.5, 0.6) is 11.5 Å². The number of hydrogen-bond donors (Lipinski definition) is 1. The predicted molar refractivity (Wildman–Crippen MR) is 124 cm³/mol. The Bertz CT molecular complexity index is 1200. The molecule has 0 saturated carbocycles. The molecule has 1 N–H and O–H groups in total. The number of ether oxygens (including phenoxy) is 2. The third-order valence-corrected chi connectivity index (χ3v) is 5.94. The van der Waals surface area contributed by atoms with Crippen molar-refractivity contribution >= 4 is 16.9 Å². The molecule has 1 unspecified atom stereocenters. The van der Waals surface area contributed by atoms with Crippen LogP contribution in [-0.4, -0.2) is 19.6 Å². The maximum Gasteiger partial charge on any atom is 0.288 e. The highest BCUT2D eigenvalue weighted by Gasteiger charge is 2.36. The Morgan fingerprint density at radius 1 is 1.00 bits per heavy atom. The van der Waals surface area contributed by atoms with Crippen LogP contribution in [0.3, 0.4) is 0 Å². The van der Waals surface area contributed by atoms with Crippen LogP contribution >= 0.6 is 0 Å². The maximum absolute atomic E-state index is 13.4. The summed E-state index contributed by atoms with van der Waals surface area (Å²) in [5.41, 5.74) is 2.36. The van der Waals surface area contributed by atoms with Crippen molar-refractivity contribution in [3.8, 4) is 11.5 Å². The lowest BCUT2D eigenvalue weighted by Gasteiger charge is -2.16. The van der Waals surface area contributed by atoms with Gasteiger partial charge in [0.25, 0.3) is 5.91 Å². The number of amides is 1. The van der Waals surface area contributed by atoms with E-state index in [1.54, 1.807) is 13.2 Å². The quantitative estimate of drug-likeness (QED) is 0.470. The molecule has 6 nitrogen and oxygen atoms in total. The van der Waals surface area contributed by atoms with Crippen LogP contribution in [0, 0.1) is 0 Å². The first-order valence-electron chi connectivity index (χ1n) is 11.3. The summed E-state index contributed by atoms with van der Waals surface area (Å²) in [5.74, 6) is 0.903. The van der Waals surface area contributed by atoms with Gasteiger partial charge in [-0.2, -0.15) is 0 Å². The minimum absolute atomic E-state index is 0.0759. The van der Waals surface area contributed by atoms with Gasteiger partial charge in [0.1, 0.15) is 5.58 Å². The molecule has 1 aliphatic rings. The second kappa shape index (κ2) is 9.47. The SMILES string of the molecule is CCCCCCOc1ccc(C2NC(=O)c3oc4ccc(CC)cc4c(=O)c32)cc1OC. The molecule has 0 fully saturated rings. The van der Waals surface area contributed by atoms with Crippen molar-refractivity contribution in [2.24, 2.45) is 0 Å². The van der Waals surface area contributed by atoms with E-state index >= 15 is 0 Å². The summed E-state index contributed by atoms with van der Waals surface area (Å²) in [7, 11) is 1.58. The van der Waals surface area contributed by atoms with Gasteiger partial charge in [0.2, 0.25) is 5.76 Å². The summed E-state index contributed by atoms with van der Waals surface area (Å²) in [6.45, 7) is 4.83. The highest BCUT2D eigenvalue weighted by Crippen LogP contribution is 2.36. The fraction of sp³-hybridized carbons (Fsp3) is 0.385. The fourth-order valence-corrected chi connectivity index (χ4v) is 4.12. The van der Waals surface area contributed by atoms with E-state index in [1.807, 2.05) is 37.3 Å². The van der Waals surface area contributed by atoms with Crippen LogP contribution in [0.25, 0.3) is 11.0 Å². The number of nitrogens with one attached hydrogen (secondary N) is 1. The second-order valence-electron chi connectivity index (χ2n) is 8.08. The molecular formula is C26H29NO5. The number of benzene rings is 2. The van der Waals surface area contributed by atoms with E-state index in [2.05, 4.69) is 12.2 Å². The third kappa shape index (κ3) is 4.09. The van der Waals surface area contributed by atoms with Gasteiger partial charge in [-0.05, 0) is 48.2 Å². The zero-order chi connectivity index (χ0) is 22.7. The Balaban J connectivity index is 1.68. The average molecular weight is 436 g/mol. The lowest BCUT2D eigenvalue weighted by Crippen LogP contribution is -2.22. The van der Waals surface area contributed by atoms with E-state index < -0.39 is 11.9 Å². The smallest absolute Gasteiger partial charge is 0.288 e. The van der Waals surface area contributed by atoms with Crippen molar-refractivity contribution in [3.05, 3.63) is 69.1 Å². The van der Waals surface area contributed by atoms with E-state index in [0.717, 1.165) is 30.4 Å². The highest BCUT2D eigenvalue weighted by molar-refractivity contribution is 5.99. The molecule has 1 aromatic heterocycles. The Morgan fingerprint density at radius 3 is 2.59 bits per heavy atom. The topological polar surface area (TPSA) is 77.8 Å². The van der Waals surface area contributed by atoms with Crippen molar-refractivity contribution in [1.29, 1.82) is 0 Å². The number of aryl methyl sites for hydroxylation is 1. The number of carbonyl (C=O) groups excluding carboxylic acids is 1. The van der Waals surface area contributed by atoms with Crippen LogP contribution in [-0.2, 0) is 6.42 Å². The molecule has 0 radical (unpaired) electrons. The number of rotatable bonds is 9. The van der Waals surface area contributed by atoms with Crippen LogP contribution < -0.4 is 20.2 Å². The molecule has 32 heavy (non-hydrogen) atoms. The van der Waals surface area contributed by atoms with Crippen molar-refractivity contribution in [2.45, 2.75) is 52.0 Å². The molecule has 6 heteroatoms. The number of fused-ring (bicyclic) bond motifs is 2. The van der Waals surface area contributed by atoms with Gasteiger partial charge in [0, 0.05) is 0 Å². The van der Waals surface area contributed by atoms with Crippen molar-refractivity contribution < 1.29 is 18.7 Å². The van der Waals surface area contributed by atoms with Gasteiger partial charge < -0.3 is 19.2 Å². The molecular weight excluding hydrogens is 406 g/mol. The first-order chi connectivity index (χ1) is 15.6. The summed E-state index contributed by atoms with van der Waals surface area (Å²) in [4.78, 5) is 26.0. The van der Waals surface area contributed by atoms with Crippen molar-refractivity contribution in [2.75, 3.05) is 13.7 Å². The number of hydrogen-bond acceptors (Lipinski definition) is 5. The van der Waals surface area contributed by atoms with Crippen LogP contribution in [0.1, 0.15) is 72.8 Å². The van der Waals surface area contributed by atoms with Gasteiger partial charge >= 0.3 is 0 Å². The first kappa shape index (κ1) is 21.9. The minimum Gasteiger partial charge on any atom is -0.493 e. The highest BCUT2D eigenvalue weighted by atomic mass is 16.5. The van der Waals surface area contributed by atoms with Gasteiger partial charge in [-0.3, -0.25) is 9.59 Å². The van der Waals surface area contributed by atoms with Gasteiger partial charge in [-0.15, -0.1) is 0 Å². The molecule has 0 bridgehead atoms. The molecule has 3 aromatic rings. The average Bonchev–Trinajstić information content (AvgIpc) is 3.15. The van der Waals surface area contributed by atoms with Crippen LogP contribution in [0.4, 0.5) is 0 Å². The summed E-state index contributed by atoms with van der Waals surface area (Å²) in [5, 5.41) is 3.38. The van der Waals surface area contributed by atoms with E-state index in [9.17, 15) is 9.59 Å². The lowest BCUT2D eigenvalue weighted by molar-refractivity contribution is 0.0938. The van der Waals surface area contributed by atoms with Gasteiger partial charge in [0.05, 0.1) is 30.7 Å². The molecule has 2 aromatic carbocycles. The largest absolute Gasteiger partial charge is 0.493 e. The predicted octanol–water partition coefficient (Wildman–Crippen LogP) is 5.16. The van der Waals surface area contributed by atoms with Crippen molar-refractivity contribution in [3.63, 3.8) is 0 Å². The van der Waals surface area contributed by atoms with E-state index in [0.29, 0.717) is 34.6 Å². The van der Waals surface area contributed by atoms with Gasteiger partial charge in [-0.1, -0.05) is 45.2 Å². The summed E-state index contributed by atoms with van der Waals surface area (Å²) < 4.78 is 17.3. The molecule has 0 spiro atoms. The second-order valence-corrected chi connectivity index (χ2v) is 8.08. The summed E-state index contributed by atoms with van der Waals surface area (Å²) >= 11 is 0. The molecule has 1 aliphatic heterocycles. The summed E-state index contributed by atoms with van der Waals surface area (Å²) in [6, 6.07) is 10.4. The van der Waals surface area contributed by atoms with E-state index in [4.69, 9.17) is 13.9 Å². The third-order valence-electron chi connectivity index (χ3n) is 5.94. The molecule has 2 heterocycles. The molecule has 1 amide bonds. The Kier molecular flexibility index (Phi) is 6.49. The number of carbonyl (C=O) groups is 1. The monoisotopic (exact) mass is 435 g/mol. The number of methoxy groups -OCH3 is 1. The van der Waals surface area contributed by atoms with Crippen LogP contribution in [0.2, 0.25) is 0 Å². The molecule has 1 atom stereocenters. The Hall–Kier alpha value is -3.28. The van der Waals surface area contributed by atoms with E-state index in [-0.39, 0.29) is 11.2 Å². The lowest BCUT2D eigenvalue weighted by atomic mass is 9.98. The Morgan fingerprint density at radius 2 is 1.84 bits per heavy atom. The summed E-state index contributed by atoms with van der Waals surface area (Å²) in [6.07, 6.45) is 5.29. The zero-order valence-corrected chi connectivity index (χ0v) is 18.8. The fourth-order valence-electron chi connectivity index (χ4n) is 4.12. The molecule has 0 aliphatic carbocycles. The van der Waals surface area contributed by atoms with Gasteiger partial charge in [-0.25, -0.2) is 0 Å². The van der Waals surface area contributed by atoms with E-state index in [1.165, 1.54) is 12.8 Å². The van der Waals surface area contributed by atoms with Crippen molar-refractivity contribution in [1.82, 2.24) is 5.32 Å².